The molecule has 0 aromatic carbocycles. The molecule has 46 heavy (non-hydrogen) atoms. The van der Waals surface area contributed by atoms with Gasteiger partial charge in [-0.05, 0) is 41.5 Å². The minimum atomic E-state index is -3.47. The Bertz CT molecular complexity index is 1020. The number of sulfone groups is 2. The first-order valence-electron chi connectivity index (χ1n) is 14.7. The van der Waals surface area contributed by atoms with Crippen LogP contribution in [0.1, 0.15) is 41.5 Å². The first-order chi connectivity index (χ1) is 21.2. The fourth-order valence-corrected chi connectivity index (χ4v) is 5.00. The minimum absolute atomic E-state index is 0.0261. The van der Waals surface area contributed by atoms with Gasteiger partial charge in [-0.3, -0.25) is 0 Å². The van der Waals surface area contributed by atoms with E-state index in [-0.39, 0.29) is 89.0 Å². The number of aliphatic carboxylic acids is 1. The quantitative estimate of drug-likeness (QED) is 0.109. The number of hydrogen-bond donors (Lipinski definition) is 3. The Balaban J connectivity index is 4.12. The average molecular weight is 709 g/mol. The van der Waals surface area contributed by atoms with Crippen LogP contribution in [0.4, 0.5) is 9.59 Å². The van der Waals surface area contributed by atoms with Gasteiger partial charge >= 0.3 is 18.2 Å². The number of hydrogen-bond acceptors (Lipinski definition) is 14. The second-order valence-electron chi connectivity index (χ2n) is 11.9. The fourth-order valence-electron chi connectivity index (χ4n) is 3.02. The van der Waals surface area contributed by atoms with Crippen molar-refractivity contribution in [1.29, 1.82) is 0 Å². The molecular weight excluding hydrogens is 656 g/mol. The van der Waals surface area contributed by atoms with Crippen LogP contribution in [-0.4, -0.2) is 153 Å². The zero-order valence-electron chi connectivity index (χ0n) is 27.7. The van der Waals surface area contributed by atoms with E-state index in [2.05, 4.69) is 10.6 Å². The highest BCUT2D eigenvalue weighted by molar-refractivity contribution is 7.91. The molecular formula is C27H52N2O15S2. The summed E-state index contributed by atoms with van der Waals surface area (Å²) < 4.78 is 85.1. The summed E-state index contributed by atoms with van der Waals surface area (Å²) in [4.78, 5) is 34.0. The average Bonchev–Trinajstić information content (AvgIpc) is 2.87. The summed E-state index contributed by atoms with van der Waals surface area (Å²) in [6.07, 6.45) is -2.13. The standard InChI is InChI=1S/C27H52N2O15S2/c1-26(2,3)43-24(32)28-7-15-45(34,35)17-13-38-9-11-40-19-22(42-21-23(30)31)20-41-12-10-39-14-18-46(36,37)16-8-29-25(33)44-27(4,5)6/h22H,7-21H2,1-6H3,(H,28,32)(H,29,33)(H,30,31). The van der Waals surface area contributed by atoms with Gasteiger partial charge in [0.1, 0.15) is 23.9 Å². The molecule has 0 aliphatic carbocycles. The van der Waals surface area contributed by atoms with Crippen LogP contribution in [0.25, 0.3) is 0 Å². The molecule has 0 saturated heterocycles. The molecule has 0 fully saturated rings. The normalized spacial score (nSPS) is 12.6. The second-order valence-corrected chi connectivity index (χ2v) is 16.5. The first kappa shape index (κ1) is 43.7. The molecule has 0 unspecified atom stereocenters. The van der Waals surface area contributed by atoms with Gasteiger partial charge in [0.05, 0.1) is 75.9 Å². The van der Waals surface area contributed by atoms with Gasteiger partial charge in [0.25, 0.3) is 0 Å². The molecule has 0 bridgehead atoms. The topological polar surface area (TPSA) is 228 Å². The zero-order chi connectivity index (χ0) is 35.3. The summed E-state index contributed by atoms with van der Waals surface area (Å²) in [5, 5.41) is 13.7. The lowest BCUT2D eigenvalue weighted by Crippen LogP contribution is -2.35. The van der Waals surface area contributed by atoms with E-state index < -0.39 is 61.7 Å². The van der Waals surface area contributed by atoms with Crippen molar-refractivity contribution in [3.8, 4) is 0 Å². The summed E-state index contributed by atoms with van der Waals surface area (Å²) in [6.45, 7) is 9.51. The first-order valence-corrected chi connectivity index (χ1v) is 18.3. The molecule has 0 aliphatic heterocycles. The number of rotatable bonds is 25. The number of carboxylic acids is 1. The molecule has 0 aromatic rings. The lowest BCUT2D eigenvalue weighted by molar-refractivity contribution is -0.148. The number of nitrogens with one attached hydrogen (secondary N) is 2. The number of carboxylic acid groups (broad SMARTS) is 1. The van der Waals surface area contributed by atoms with Crippen molar-refractivity contribution in [2.45, 2.75) is 58.8 Å². The molecule has 19 heteroatoms. The van der Waals surface area contributed by atoms with Gasteiger partial charge in [0, 0.05) is 13.1 Å². The van der Waals surface area contributed by atoms with Gasteiger partial charge in [-0.2, -0.15) is 0 Å². The number of ether oxygens (including phenoxy) is 7. The highest BCUT2D eigenvalue weighted by atomic mass is 32.2. The van der Waals surface area contributed by atoms with Crippen molar-refractivity contribution in [2.75, 3.05) is 95.6 Å². The van der Waals surface area contributed by atoms with Crippen molar-refractivity contribution >= 4 is 37.8 Å². The van der Waals surface area contributed by atoms with Gasteiger partial charge < -0.3 is 48.9 Å². The third-order valence-corrected chi connectivity index (χ3v) is 8.26. The molecule has 3 N–H and O–H groups in total. The monoisotopic (exact) mass is 708 g/mol. The van der Waals surface area contributed by atoms with E-state index in [0.717, 1.165) is 0 Å². The highest BCUT2D eigenvalue weighted by Crippen LogP contribution is 2.07. The molecule has 0 saturated carbocycles. The van der Waals surface area contributed by atoms with Crippen molar-refractivity contribution in [3.63, 3.8) is 0 Å². The highest BCUT2D eigenvalue weighted by Gasteiger charge is 2.19. The Morgan fingerprint density at radius 3 is 1.33 bits per heavy atom. The van der Waals surface area contributed by atoms with Gasteiger partial charge in [-0.25, -0.2) is 31.2 Å². The number of amides is 2. The van der Waals surface area contributed by atoms with Crippen molar-refractivity contribution in [1.82, 2.24) is 10.6 Å². The SMILES string of the molecule is CC(C)(C)OC(=O)NCCS(=O)(=O)CCOCCOCC(COCCOCCS(=O)(=O)CCNC(=O)OC(C)(C)C)OCC(=O)O. The third-order valence-electron chi connectivity index (χ3n) is 5.03. The van der Waals surface area contributed by atoms with E-state index in [1.807, 2.05) is 0 Å². The van der Waals surface area contributed by atoms with Crippen LogP contribution in [0.5, 0.6) is 0 Å². The smallest absolute Gasteiger partial charge is 0.407 e. The van der Waals surface area contributed by atoms with E-state index in [1.54, 1.807) is 41.5 Å². The van der Waals surface area contributed by atoms with Crippen LogP contribution in [0.2, 0.25) is 0 Å². The Labute approximate surface area is 272 Å². The Kier molecular flexibility index (Phi) is 21.2. The number of alkyl carbamates (subject to hydrolysis) is 2. The van der Waals surface area contributed by atoms with Crippen molar-refractivity contribution < 1.29 is 69.5 Å². The molecule has 2 amide bonds. The minimum Gasteiger partial charge on any atom is -0.480 e. The molecule has 0 aliphatic rings. The zero-order valence-corrected chi connectivity index (χ0v) is 29.3. The molecule has 17 nitrogen and oxygen atoms in total. The van der Waals surface area contributed by atoms with Crippen LogP contribution in [0, 0.1) is 0 Å². The van der Waals surface area contributed by atoms with E-state index in [9.17, 15) is 31.2 Å². The molecule has 0 heterocycles. The molecule has 0 aromatic heterocycles. The molecule has 0 rings (SSSR count). The van der Waals surface area contributed by atoms with Crippen LogP contribution < -0.4 is 10.6 Å². The maximum absolute atomic E-state index is 12.1. The molecule has 0 atom stereocenters. The maximum atomic E-state index is 12.1. The Hall–Kier alpha value is -2.29. The fraction of sp³-hybridized carbons (Fsp3) is 0.889. The van der Waals surface area contributed by atoms with E-state index in [1.165, 1.54) is 0 Å². The predicted octanol–water partition coefficient (Wildman–Crippen LogP) is 0.402. The summed E-state index contributed by atoms with van der Waals surface area (Å²) in [5.41, 5.74) is -1.38. The van der Waals surface area contributed by atoms with Crippen LogP contribution in [0.15, 0.2) is 0 Å². The van der Waals surface area contributed by atoms with Crippen LogP contribution in [-0.2, 0) is 57.6 Å². The predicted molar refractivity (Wildman–Crippen MR) is 166 cm³/mol. The van der Waals surface area contributed by atoms with Gasteiger partial charge in [0.15, 0.2) is 19.7 Å². The summed E-state index contributed by atoms with van der Waals surface area (Å²) in [7, 11) is -6.93. The largest absolute Gasteiger partial charge is 0.480 e. The molecule has 0 spiro atoms. The van der Waals surface area contributed by atoms with Gasteiger partial charge in [0.2, 0.25) is 0 Å². The third kappa shape index (κ3) is 29.1. The van der Waals surface area contributed by atoms with Crippen molar-refractivity contribution in [3.05, 3.63) is 0 Å². The van der Waals surface area contributed by atoms with E-state index in [0.29, 0.717) is 0 Å². The Morgan fingerprint density at radius 1 is 0.609 bits per heavy atom. The number of carbonyl (C=O) groups excluding carboxylic acids is 2. The summed E-state index contributed by atoms with van der Waals surface area (Å²) in [5.74, 6) is -2.22. The second kappa shape index (κ2) is 22.3. The van der Waals surface area contributed by atoms with Gasteiger partial charge in [-0.1, -0.05) is 0 Å². The summed E-state index contributed by atoms with van der Waals surface area (Å²) >= 11 is 0. The molecule has 0 radical (unpaired) electrons. The van der Waals surface area contributed by atoms with Crippen molar-refractivity contribution in [2.24, 2.45) is 0 Å². The maximum Gasteiger partial charge on any atom is 0.407 e. The number of carbonyl (C=O) groups is 3. The lowest BCUT2D eigenvalue weighted by Gasteiger charge is -2.19. The lowest BCUT2D eigenvalue weighted by atomic mass is 10.2. The van der Waals surface area contributed by atoms with Crippen LogP contribution >= 0.6 is 0 Å². The summed E-state index contributed by atoms with van der Waals surface area (Å²) in [6, 6.07) is 0. The van der Waals surface area contributed by atoms with Crippen LogP contribution in [0.3, 0.4) is 0 Å². The van der Waals surface area contributed by atoms with E-state index in [4.69, 9.17) is 38.3 Å². The van der Waals surface area contributed by atoms with E-state index >= 15 is 0 Å². The molecule has 272 valence electrons. The Morgan fingerprint density at radius 2 is 0.978 bits per heavy atom. The van der Waals surface area contributed by atoms with Gasteiger partial charge in [-0.15, -0.1) is 0 Å².